The topological polar surface area (TPSA) is 73.4 Å². The molecule has 6 nitrogen and oxygen atoms in total. The number of nitrogens with zero attached hydrogens (tertiary/aromatic N) is 3. The van der Waals surface area contributed by atoms with E-state index < -0.39 is 0 Å². The number of hydrogen-bond donors (Lipinski definition) is 1. The number of rotatable bonds is 4. The van der Waals surface area contributed by atoms with Crippen molar-refractivity contribution < 1.29 is 9.53 Å². The fourth-order valence-corrected chi connectivity index (χ4v) is 2.85. The molecule has 1 aromatic carbocycles. The van der Waals surface area contributed by atoms with Crippen LogP contribution in [0.4, 0.5) is 10.5 Å². The maximum absolute atomic E-state index is 12.1. The zero-order valence-corrected chi connectivity index (χ0v) is 13.1. The first kappa shape index (κ1) is 15.4. The highest BCUT2D eigenvalue weighted by Gasteiger charge is 2.24. The molecule has 23 heavy (non-hydrogen) atoms. The molecule has 0 saturated carbocycles. The van der Waals surface area contributed by atoms with Crippen molar-refractivity contribution in [3.8, 4) is 0 Å². The van der Waals surface area contributed by atoms with Gasteiger partial charge in [0.2, 0.25) is 0 Å². The van der Waals surface area contributed by atoms with E-state index in [2.05, 4.69) is 5.10 Å². The normalized spacial score (nSPS) is 15.6. The van der Waals surface area contributed by atoms with Crippen molar-refractivity contribution in [1.29, 1.82) is 0 Å². The molecule has 0 spiro atoms. The second-order valence-electron chi connectivity index (χ2n) is 5.97. The van der Waals surface area contributed by atoms with Crippen LogP contribution in [-0.2, 0) is 17.9 Å². The molecule has 0 unspecified atom stereocenters. The number of nitrogens with two attached hydrogens (primary N) is 1. The van der Waals surface area contributed by atoms with Crippen molar-refractivity contribution in [1.82, 2.24) is 14.7 Å². The highest BCUT2D eigenvalue weighted by molar-refractivity contribution is 5.67. The fourth-order valence-electron chi connectivity index (χ4n) is 2.85. The van der Waals surface area contributed by atoms with E-state index in [0.717, 1.165) is 38.0 Å². The minimum absolute atomic E-state index is 0.226. The lowest BCUT2D eigenvalue weighted by atomic mass is 9.97. The Bertz CT molecular complexity index is 633. The van der Waals surface area contributed by atoms with Gasteiger partial charge in [-0.1, -0.05) is 30.3 Å². The Kier molecular flexibility index (Phi) is 4.80. The lowest BCUT2D eigenvalue weighted by molar-refractivity contribution is 0.0803. The third-order valence-electron chi connectivity index (χ3n) is 4.18. The van der Waals surface area contributed by atoms with E-state index >= 15 is 0 Å². The van der Waals surface area contributed by atoms with Crippen molar-refractivity contribution in [2.75, 3.05) is 18.8 Å². The van der Waals surface area contributed by atoms with E-state index in [-0.39, 0.29) is 6.09 Å². The molecule has 2 heterocycles. The van der Waals surface area contributed by atoms with Gasteiger partial charge >= 0.3 is 6.09 Å². The molecule has 1 aliphatic rings. The number of hydrogen-bond acceptors (Lipinski definition) is 4. The van der Waals surface area contributed by atoms with Crippen molar-refractivity contribution in [3.05, 3.63) is 48.3 Å². The number of piperidine rings is 1. The molecule has 1 amide bonds. The van der Waals surface area contributed by atoms with Crippen LogP contribution in [0.2, 0.25) is 0 Å². The van der Waals surface area contributed by atoms with Gasteiger partial charge in [0.15, 0.2) is 0 Å². The summed E-state index contributed by atoms with van der Waals surface area (Å²) in [5.41, 5.74) is 7.37. The number of carbonyl (C=O) groups is 1. The van der Waals surface area contributed by atoms with Crippen LogP contribution in [0.3, 0.4) is 0 Å². The van der Waals surface area contributed by atoms with Crippen LogP contribution in [0, 0.1) is 5.92 Å². The number of carbonyl (C=O) groups excluding carboxylic acids is 1. The second-order valence-corrected chi connectivity index (χ2v) is 5.97. The average Bonchev–Trinajstić information content (AvgIpc) is 2.99. The molecule has 1 aromatic heterocycles. The number of amides is 1. The highest BCUT2D eigenvalue weighted by Crippen LogP contribution is 2.20. The summed E-state index contributed by atoms with van der Waals surface area (Å²) < 4.78 is 7.26. The zero-order chi connectivity index (χ0) is 16.1. The molecule has 0 radical (unpaired) electrons. The van der Waals surface area contributed by atoms with Crippen molar-refractivity contribution >= 4 is 11.8 Å². The minimum Gasteiger partial charge on any atom is -0.445 e. The molecule has 2 N–H and O–H groups in total. The Morgan fingerprint density at radius 3 is 2.65 bits per heavy atom. The number of ether oxygens (including phenoxy) is 1. The third-order valence-corrected chi connectivity index (χ3v) is 4.18. The van der Waals surface area contributed by atoms with Gasteiger partial charge in [0, 0.05) is 25.8 Å². The molecule has 6 heteroatoms. The van der Waals surface area contributed by atoms with Gasteiger partial charge < -0.3 is 15.4 Å². The summed E-state index contributed by atoms with van der Waals surface area (Å²) in [6.45, 7) is 2.64. The number of benzene rings is 1. The average molecular weight is 314 g/mol. The highest BCUT2D eigenvalue weighted by atomic mass is 16.6. The smallest absolute Gasteiger partial charge is 0.410 e. The summed E-state index contributed by atoms with van der Waals surface area (Å²) in [6.07, 6.45) is 5.20. The molecular weight excluding hydrogens is 292 g/mol. The molecule has 2 aromatic rings. The molecule has 122 valence electrons. The Balaban J connectivity index is 1.42. The van der Waals surface area contributed by atoms with Gasteiger partial charge in [-0.3, -0.25) is 4.68 Å². The van der Waals surface area contributed by atoms with Crippen molar-refractivity contribution in [2.45, 2.75) is 26.0 Å². The van der Waals surface area contributed by atoms with Gasteiger partial charge in [-0.05, 0) is 24.3 Å². The number of likely N-dealkylation sites (tertiary alicyclic amines) is 1. The summed E-state index contributed by atoms with van der Waals surface area (Å²) in [7, 11) is 0. The Hall–Kier alpha value is -2.50. The summed E-state index contributed by atoms with van der Waals surface area (Å²) in [6, 6.07) is 9.74. The van der Waals surface area contributed by atoms with E-state index in [9.17, 15) is 4.79 Å². The predicted octanol–water partition coefficient (Wildman–Crippen LogP) is 2.51. The number of nitrogen functional groups attached to an aromatic ring is 1. The Morgan fingerprint density at radius 2 is 2.00 bits per heavy atom. The first-order chi connectivity index (χ1) is 11.2. The van der Waals surface area contributed by atoms with Gasteiger partial charge in [-0.2, -0.15) is 5.10 Å². The monoisotopic (exact) mass is 314 g/mol. The van der Waals surface area contributed by atoms with E-state index in [0.29, 0.717) is 18.2 Å². The first-order valence-corrected chi connectivity index (χ1v) is 7.94. The Labute approximate surface area is 135 Å². The van der Waals surface area contributed by atoms with E-state index in [1.165, 1.54) is 0 Å². The molecule has 1 saturated heterocycles. The Morgan fingerprint density at radius 1 is 1.26 bits per heavy atom. The predicted molar refractivity (Wildman–Crippen MR) is 87.6 cm³/mol. The van der Waals surface area contributed by atoms with Crippen molar-refractivity contribution in [2.24, 2.45) is 5.92 Å². The minimum atomic E-state index is -0.226. The van der Waals surface area contributed by atoms with Gasteiger partial charge in [0.05, 0.1) is 11.9 Å². The SMILES string of the molecule is Nc1cnn(CC2CCN(C(=O)OCc3ccccc3)CC2)c1. The molecule has 1 fully saturated rings. The van der Waals surface area contributed by atoms with Gasteiger partial charge in [-0.25, -0.2) is 4.79 Å². The van der Waals surface area contributed by atoms with E-state index in [1.807, 2.05) is 41.2 Å². The van der Waals surface area contributed by atoms with Crippen LogP contribution >= 0.6 is 0 Å². The van der Waals surface area contributed by atoms with E-state index in [4.69, 9.17) is 10.5 Å². The third kappa shape index (κ3) is 4.25. The van der Waals surface area contributed by atoms with Crippen molar-refractivity contribution in [3.63, 3.8) is 0 Å². The molecule has 3 rings (SSSR count). The fraction of sp³-hybridized carbons (Fsp3) is 0.412. The first-order valence-electron chi connectivity index (χ1n) is 7.94. The zero-order valence-electron chi connectivity index (χ0n) is 13.1. The van der Waals surface area contributed by atoms with Crippen LogP contribution in [0.15, 0.2) is 42.7 Å². The summed E-state index contributed by atoms with van der Waals surface area (Å²) in [5, 5.41) is 4.21. The summed E-state index contributed by atoms with van der Waals surface area (Å²) in [5.74, 6) is 0.521. The lowest BCUT2D eigenvalue weighted by Crippen LogP contribution is -2.39. The maximum Gasteiger partial charge on any atom is 0.410 e. The molecule has 1 aliphatic heterocycles. The van der Waals surface area contributed by atoms with Gasteiger partial charge in [-0.15, -0.1) is 0 Å². The molecule has 0 atom stereocenters. The van der Waals surface area contributed by atoms with Crippen LogP contribution < -0.4 is 5.73 Å². The molecule has 0 aliphatic carbocycles. The second kappa shape index (κ2) is 7.17. The van der Waals surface area contributed by atoms with Crippen LogP contribution in [-0.4, -0.2) is 33.9 Å². The summed E-state index contributed by atoms with van der Waals surface area (Å²) in [4.78, 5) is 13.9. The largest absolute Gasteiger partial charge is 0.445 e. The quantitative estimate of drug-likeness (QED) is 0.941. The lowest BCUT2D eigenvalue weighted by Gasteiger charge is -2.31. The van der Waals surface area contributed by atoms with E-state index in [1.54, 1.807) is 11.1 Å². The standard InChI is InChI=1S/C17H22N4O2/c18-16-10-19-21(12-16)11-14-6-8-20(9-7-14)17(22)23-13-15-4-2-1-3-5-15/h1-5,10,12,14H,6-9,11,13,18H2. The number of aromatic nitrogens is 2. The number of anilines is 1. The maximum atomic E-state index is 12.1. The summed E-state index contributed by atoms with van der Waals surface area (Å²) >= 11 is 0. The van der Waals surface area contributed by atoms with Crippen LogP contribution in [0.25, 0.3) is 0 Å². The molecule has 0 bridgehead atoms. The van der Waals surface area contributed by atoms with Gasteiger partial charge in [0.1, 0.15) is 6.61 Å². The van der Waals surface area contributed by atoms with Crippen LogP contribution in [0.5, 0.6) is 0 Å². The van der Waals surface area contributed by atoms with Crippen LogP contribution in [0.1, 0.15) is 18.4 Å². The van der Waals surface area contributed by atoms with Gasteiger partial charge in [0.25, 0.3) is 0 Å². The molecular formula is C17H22N4O2.